The molecule has 0 aliphatic heterocycles. The third kappa shape index (κ3) is 4.38. The Morgan fingerprint density at radius 2 is 2.10 bits per heavy atom. The average molecular weight is 288 g/mol. The maximum atomic E-state index is 12.0. The van der Waals surface area contributed by atoms with E-state index in [9.17, 15) is 4.79 Å². The van der Waals surface area contributed by atoms with Crippen LogP contribution in [-0.4, -0.2) is 12.5 Å². The number of rotatable bonds is 6. The fourth-order valence-electron chi connectivity index (χ4n) is 1.77. The van der Waals surface area contributed by atoms with Crippen molar-refractivity contribution in [3.8, 4) is 0 Å². The SMILES string of the molecule is CC(C)CNC(=O)c1cccc(NCc2cccs2)c1. The molecule has 4 heteroatoms. The number of hydrogen-bond acceptors (Lipinski definition) is 3. The standard InChI is InChI=1S/C16H20N2OS/c1-12(2)10-18-16(19)13-5-3-6-14(9-13)17-11-15-7-4-8-20-15/h3-9,12,17H,10-11H2,1-2H3,(H,18,19). The van der Waals surface area contributed by atoms with Crippen molar-refractivity contribution in [2.24, 2.45) is 5.92 Å². The molecule has 1 heterocycles. The van der Waals surface area contributed by atoms with Crippen molar-refractivity contribution in [1.29, 1.82) is 0 Å². The number of nitrogens with one attached hydrogen (secondary N) is 2. The highest BCUT2D eigenvalue weighted by atomic mass is 32.1. The van der Waals surface area contributed by atoms with Gasteiger partial charge in [0.05, 0.1) is 0 Å². The molecule has 0 radical (unpaired) electrons. The Hall–Kier alpha value is -1.81. The third-order valence-corrected chi connectivity index (χ3v) is 3.72. The fourth-order valence-corrected chi connectivity index (χ4v) is 2.42. The summed E-state index contributed by atoms with van der Waals surface area (Å²) in [5, 5.41) is 8.33. The predicted molar refractivity (Wildman–Crippen MR) is 85.3 cm³/mol. The molecular formula is C16H20N2OS. The molecule has 0 unspecified atom stereocenters. The molecule has 0 saturated heterocycles. The first-order valence-electron chi connectivity index (χ1n) is 6.79. The number of thiophene rings is 1. The van der Waals surface area contributed by atoms with E-state index in [0.29, 0.717) is 18.0 Å². The van der Waals surface area contributed by atoms with Crippen LogP contribution in [0.1, 0.15) is 29.1 Å². The lowest BCUT2D eigenvalue weighted by Crippen LogP contribution is -2.27. The van der Waals surface area contributed by atoms with Crippen LogP contribution in [0.4, 0.5) is 5.69 Å². The van der Waals surface area contributed by atoms with E-state index < -0.39 is 0 Å². The van der Waals surface area contributed by atoms with E-state index in [1.165, 1.54) is 4.88 Å². The van der Waals surface area contributed by atoms with Crippen molar-refractivity contribution >= 4 is 22.9 Å². The van der Waals surface area contributed by atoms with Crippen LogP contribution in [0.15, 0.2) is 41.8 Å². The molecule has 2 N–H and O–H groups in total. The van der Waals surface area contributed by atoms with Gasteiger partial charge in [-0.05, 0) is 35.6 Å². The molecule has 2 aromatic rings. The zero-order chi connectivity index (χ0) is 14.4. The second-order valence-corrected chi connectivity index (χ2v) is 6.15. The van der Waals surface area contributed by atoms with E-state index in [-0.39, 0.29) is 5.91 Å². The van der Waals surface area contributed by atoms with Gasteiger partial charge in [-0.3, -0.25) is 4.79 Å². The molecule has 0 aliphatic rings. The lowest BCUT2D eigenvalue weighted by atomic mass is 10.1. The van der Waals surface area contributed by atoms with Crippen LogP contribution >= 0.6 is 11.3 Å². The Kier molecular flexibility index (Phi) is 5.18. The Morgan fingerprint density at radius 1 is 1.25 bits per heavy atom. The van der Waals surface area contributed by atoms with Gasteiger partial charge in [0.15, 0.2) is 0 Å². The van der Waals surface area contributed by atoms with Crippen molar-refractivity contribution in [2.75, 3.05) is 11.9 Å². The first-order valence-corrected chi connectivity index (χ1v) is 7.67. The molecule has 0 bridgehead atoms. The van der Waals surface area contributed by atoms with E-state index in [1.54, 1.807) is 11.3 Å². The van der Waals surface area contributed by atoms with Crippen molar-refractivity contribution in [3.05, 3.63) is 52.2 Å². The van der Waals surface area contributed by atoms with Gasteiger partial charge in [-0.25, -0.2) is 0 Å². The van der Waals surface area contributed by atoms with Crippen LogP contribution in [0.3, 0.4) is 0 Å². The van der Waals surface area contributed by atoms with Crippen LogP contribution in [0, 0.1) is 5.92 Å². The van der Waals surface area contributed by atoms with Crippen LogP contribution in [-0.2, 0) is 6.54 Å². The summed E-state index contributed by atoms with van der Waals surface area (Å²) in [6.45, 7) is 5.65. The Balaban J connectivity index is 1.95. The summed E-state index contributed by atoms with van der Waals surface area (Å²) >= 11 is 1.72. The minimum absolute atomic E-state index is 0.0153. The summed E-state index contributed by atoms with van der Waals surface area (Å²) in [6.07, 6.45) is 0. The number of hydrogen-bond donors (Lipinski definition) is 2. The van der Waals surface area contributed by atoms with Gasteiger partial charge in [0.25, 0.3) is 5.91 Å². The number of benzene rings is 1. The van der Waals surface area contributed by atoms with Gasteiger partial charge in [-0.15, -0.1) is 11.3 Å². The second-order valence-electron chi connectivity index (χ2n) is 5.12. The molecule has 0 spiro atoms. The monoisotopic (exact) mass is 288 g/mol. The van der Waals surface area contributed by atoms with E-state index in [1.807, 2.05) is 30.3 Å². The highest BCUT2D eigenvalue weighted by molar-refractivity contribution is 7.09. The molecule has 0 aliphatic carbocycles. The van der Waals surface area contributed by atoms with Crippen molar-refractivity contribution in [2.45, 2.75) is 20.4 Å². The van der Waals surface area contributed by atoms with Crippen molar-refractivity contribution in [3.63, 3.8) is 0 Å². The number of amides is 1. The molecular weight excluding hydrogens is 268 g/mol. The minimum Gasteiger partial charge on any atom is -0.380 e. The van der Waals surface area contributed by atoms with Gasteiger partial charge in [-0.2, -0.15) is 0 Å². The zero-order valence-electron chi connectivity index (χ0n) is 11.8. The Bertz CT molecular complexity index is 549. The van der Waals surface area contributed by atoms with Crippen LogP contribution < -0.4 is 10.6 Å². The highest BCUT2D eigenvalue weighted by Gasteiger charge is 2.06. The first kappa shape index (κ1) is 14.6. The fraction of sp³-hybridized carbons (Fsp3) is 0.312. The molecule has 0 saturated carbocycles. The quantitative estimate of drug-likeness (QED) is 0.850. The first-order chi connectivity index (χ1) is 9.65. The molecule has 20 heavy (non-hydrogen) atoms. The van der Waals surface area contributed by atoms with Crippen molar-refractivity contribution < 1.29 is 4.79 Å². The van der Waals surface area contributed by atoms with Gasteiger partial charge in [0.2, 0.25) is 0 Å². The van der Waals surface area contributed by atoms with Gasteiger partial charge in [0, 0.05) is 29.2 Å². The van der Waals surface area contributed by atoms with E-state index >= 15 is 0 Å². The molecule has 3 nitrogen and oxygen atoms in total. The number of anilines is 1. The molecule has 0 atom stereocenters. The molecule has 1 amide bonds. The smallest absolute Gasteiger partial charge is 0.251 e. The molecule has 2 rings (SSSR count). The van der Waals surface area contributed by atoms with Crippen LogP contribution in [0.25, 0.3) is 0 Å². The Labute approximate surface area is 124 Å². The van der Waals surface area contributed by atoms with Gasteiger partial charge >= 0.3 is 0 Å². The van der Waals surface area contributed by atoms with E-state index in [2.05, 4.69) is 35.9 Å². The number of carbonyl (C=O) groups is 1. The van der Waals surface area contributed by atoms with Crippen molar-refractivity contribution in [1.82, 2.24) is 5.32 Å². The summed E-state index contributed by atoms with van der Waals surface area (Å²) < 4.78 is 0. The summed E-state index contributed by atoms with van der Waals surface area (Å²) in [6, 6.07) is 11.7. The highest BCUT2D eigenvalue weighted by Crippen LogP contribution is 2.14. The molecule has 0 fully saturated rings. The summed E-state index contributed by atoms with van der Waals surface area (Å²) in [5.41, 5.74) is 1.66. The number of carbonyl (C=O) groups excluding carboxylic acids is 1. The largest absolute Gasteiger partial charge is 0.380 e. The van der Waals surface area contributed by atoms with Gasteiger partial charge in [-0.1, -0.05) is 26.0 Å². The summed E-state index contributed by atoms with van der Waals surface area (Å²) in [7, 11) is 0. The second kappa shape index (κ2) is 7.10. The third-order valence-electron chi connectivity index (χ3n) is 2.84. The summed E-state index contributed by atoms with van der Waals surface area (Å²) in [5.74, 6) is 0.442. The maximum Gasteiger partial charge on any atom is 0.251 e. The average Bonchev–Trinajstić information content (AvgIpc) is 2.96. The van der Waals surface area contributed by atoms with Crippen LogP contribution in [0.5, 0.6) is 0 Å². The van der Waals surface area contributed by atoms with E-state index in [4.69, 9.17) is 0 Å². The van der Waals surface area contributed by atoms with Gasteiger partial charge in [0.1, 0.15) is 0 Å². The predicted octanol–water partition coefficient (Wildman–Crippen LogP) is 3.75. The molecule has 106 valence electrons. The normalized spacial score (nSPS) is 10.6. The molecule has 1 aromatic carbocycles. The lowest BCUT2D eigenvalue weighted by Gasteiger charge is -2.09. The topological polar surface area (TPSA) is 41.1 Å². The summed E-state index contributed by atoms with van der Waals surface area (Å²) in [4.78, 5) is 13.3. The zero-order valence-corrected chi connectivity index (χ0v) is 12.7. The molecule has 1 aromatic heterocycles. The minimum atomic E-state index is -0.0153. The van der Waals surface area contributed by atoms with Gasteiger partial charge < -0.3 is 10.6 Å². The Morgan fingerprint density at radius 3 is 2.80 bits per heavy atom. The maximum absolute atomic E-state index is 12.0. The lowest BCUT2D eigenvalue weighted by molar-refractivity contribution is 0.0949. The van der Waals surface area contributed by atoms with Crippen LogP contribution in [0.2, 0.25) is 0 Å². The van der Waals surface area contributed by atoms with E-state index in [0.717, 1.165) is 12.2 Å².